The number of thiophene rings is 1. The van der Waals surface area contributed by atoms with Gasteiger partial charge in [-0.15, -0.1) is 11.3 Å². The van der Waals surface area contributed by atoms with Gasteiger partial charge < -0.3 is 19.1 Å². The first kappa shape index (κ1) is 30.1. The number of ether oxygens (including phenoxy) is 3. The van der Waals surface area contributed by atoms with Gasteiger partial charge in [-0.3, -0.25) is 9.59 Å². The highest BCUT2D eigenvalue weighted by Crippen LogP contribution is 2.42. The number of methoxy groups -OCH3 is 1. The van der Waals surface area contributed by atoms with Crippen LogP contribution in [-0.2, 0) is 48.6 Å². The summed E-state index contributed by atoms with van der Waals surface area (Å²) in [5.41, 5.74) is 0.204. The van der Waals surface area contributed by atoms with Crippen LogP contribution in [0.4, 0.5) is 0 Å². The van der Waals surface area contributed by atoms with Gasteiger partial charge in [-0.2, -0.15) is 4.31 Å². The lowest BCUT2D eigenvalue weighted by Gasteiger charge is -2.38. The Morgan fingerprint density at radius 3 is 2.50 bits per heavy atom. The molecule has 0 fully saturated rings. The van der Waals surface area contributed by atoms with E-state index < -0.39 is 44.6 Å². The lowest BCUT2D eigenvalue weighted by atomic mass is 10.1. The third kappa shape index (κ3) is 7.69. The lowest BCUT2D eigenvalue weighted by Crippen LogP contribution is -2.47. The van der Waals surface area contributed by atoms with Gasteiger partial charge in [-0.1, -0.05) is 0 Å². The smallest absolute Gasteiger partial charge is 0.344 e. The fraction of sp³-hybridized carbons (Fsp3) is 0.650. The molecule has 0 aromatic carbocycles. The number of carbonyl (C=O) groups is 3. The molecule has 1 aliphatic heterocycles. The summed E-state index contributed by atoms with van der Waals surface area (Å²) in [6.45, 7) is 2.89. The van der Waals surface area contributed by atoms with Gasteiger partial charge in [0.1, 0.15) is 8.42 Å². The maximum absolute atomic E-state index is 13.2. The highest BCUT2D eigenvalue weighted by atomic mass is 32.3. The number of fused-ring (bicyclic) bond motifs is 1. The van der Waals surface area contributed by atoms with Gasteiger partial charge in [0.05, 0.1) is 12.6 Å². The van der Waals surface area contributed by atoms with Crippen molar-refractivity contribution in [3.05, 3.63) is 11.6 Å². The van der Waals surface area contributed by atoms with Gasteiger partial charge in [0.15, 0.2) is 6.61 Å². The average Bonchev–Trinajstić information content (AvgIpc) is 3.26. The molecule has 0 unspecified atom stereocenters. The average molecular weight is 570 g/mol. The number of likely N-dealkylation sites (N-methyl/N-ethyl adjacent to an activating group) is 1. The first-order valence-electron chi connectivity index (χ1n) is 11.1. The summed E-state index contributed by atoms with van der Waals surface area (Å²) in [4.78, 5) is 36.8. The van der Waals surface area contributed by atoms with Gasteiger partial charge >= 0.3 is 11.9 Å². The lowest BCUT2D eigenvalue weighted by molar-refractivity contribution is -0.157. The second-order valence-corrected chi connectivity index (χ2v) is 12.8. The van der Waals surface area contributed by atoms with Crippen molar-refractivity contribution in [2.45, 2.75) is 47.6 Å². The monoisotopic (exact) mass is 569 g/mol. The summed E-state index contributed by atoms with van der Waals surface area (Å²) in [6.07, 6.45) is 0.579. The second kappa shape index (κ2) is 12.9. The summed E-state index contributed by atoms with van der Waals surface area (Å²) in [5.74, 6) is -1.69. The molecule has 1 aromatic heterocycles. The zero-order valence-electron chi connectivity index (χ0n) is 20.3. The quantitative estimate of drug-likeness (QED) is 0.255. The molecular weight excluding hydrogens is 538 g/mol. The van der Waals surface area contributed by atoms with E-state index in [1.165, 1.54) is 22.4 Å². The Hall–Kier alpha value is -2.11. The third-order valence-corrected chi connectivity index (χ3v) is 10.2. The van der Waals surface area contributed by atoms with Crippen LogP contribution in [0.1, 0.15) is 44.7 Å². The topological polar surface area (TPSA) is 180 Å². The summed E-state index contributed by atoms with van der Waals surface area (Å²) >= 11 is 0.562. The van der Waals surface area contributed by atoms with Crippen LogP contribution in [0.3, 0.4) is 0 Å². The number of hydrogen-bond acceptors (Lipinski definition) is 11. The number of sulfonamides is 2. The fourth-order valence-electron chi connectivity index (χ4n) is 3.64. The van der Waals surface area contributed by atoms with Gasteiger partial charge in [0.2, 0.25) is 15.9 Å². The molecule has 2 rings (SSSR count). The molecule has 0 aliphatic carbocycles. The predicted molar refractivity (Wildman–Crippen MR) is 128 cm³/mol. The summed E-state index contributed by atoms with van der Waals surface area (Å²) in [7, 11) is -6.67. The number of nitrogens with zero attached hydrogens (tertiary/aromatic N) is 2. The molecule has 1 amide bonds. The summed E-state index contributed by atoms with van der Waals surface area (Å²) in [6, 6.07) is 0.485. The minimum atomic E-state index is -4.17. The first-order chi connectivity index (χ1) is 16.8. The van der Waals surface area contributed by atoms with Crippen molar-refractivity contribution in [2.24, 2.45) is 5.14 Å². The van der Waals surface area contributed by atoms with Crippen molar-refractivity contribution >= 4 is 49.2 Å². The molecule has 0 saturated carbocycles. The molecule has 1 aromatic rings. The molecule has 0 saturated heterocycles. The Morgan fingerprint density at radius 1 is 1.22 bits per heavy atom. The van der Waals surface area contributed by atoms with Crippen LogP contribution in [0.25, 0.3) is 0 Å². The van der Waals surface area contributed by atoms with Crippen LogP contribution < -0.4 is 5.14 Å². The Morgan fingerprint density at radius 2 is 1.92 bits per heavy atom. The normalized spacial score (nSPS) is 17.3. The fourth-order valence-corrected chi connectivity index (χ4v) is 7.92. The molecule has 2 N–H and O–H groups in total. The standard InChI is InChI=1S/C20H31N3O10S3/c1-4-23(17(25)7-5-10-32-18(26)13-33-14(2)24)16-12-22(8-6-9-31-3)36(29,30)20-15(16)11-19(34-20)35(21,27)28/h11,16H,4-10,12-13H2,1-3H3,(H2,21,27,28)/t16-/m0/s1. The summed E-state index contributed by atoms with van der Waals surface area (Å²) < 4.78 is 65.6. The number of nitrogens with two attached hydrogens (primary N) is 1. The second-order valence-electron chi connectivity index (χ2n) is 7.86. The Kier molecular flexibility index (Phi) is 10.8. The van der Waals surface area contributed by atoms with Crippen molar-refractivity contribution in [2.75, 3.05) is 46.6 Å². The van der Waals surface area contributed by atoms with E-state index in [1.54, 1.807) is 6.92 Å². The SMILES string of the molecule is CCN(C(=O)CCCOC(=O)COC(C)=O)[C@H]1CN(CCCOC)S(=O)(=O)c2sc(S(N)(=O)=O)cc21. The molecule has 2 heterocycles. The van der Waals surface area contributed by atoms with E-state index in [0.717, 1.165) is 6.92 Å². The molecule has 1 aliphatic rings. The van der Waals surface area contributed by atoms with Crippen molar-refractivity contribution in [1.82, 2.24) is 9.21 Å². The molecular formula is C20H31N3O10S3. The van der Waals surface area contributed by atoms with Crippen LogP contribution in [0.15, 0.2) is 14.5 Å². The van der Waals surface area contributed by atoms with Crippen molar-refractivity contribution in [1.29, 1.82) is 0 Å². The van der Waals surface area contributed by atoms with Crippen molar-refractivity contribution in [3.63, 3.8) is 0 Å². The van der Waals surface area contributed by atoms with E-state index in [2.05, 4.69) is 4.74 Å². The van der Waals surface area contributed by atoms with Crippen LogP contribution in [0, 0.1) is 0 Å². The Labute approximate surface area is 214 Å². The van der Waals surface area contributed by atoms with E-state index in [9.17, 15) is 31.2 Å². The summed E-state index contributed by atoms with van der Waals surface area (Å²) in [5, 5.41) is 5.26. The Balaban J connectivity index is 2.22. The number of hydrogen-bond donors (Lipinski definition) is 1. The zero-order valence-corrected chi connectivity index (χ0v) is 22.7. The molecule has 0 radical (unpaired) electrons. The van der Waals surface area contributed by atoms with Gasteiger partial charge in [0, 0.05) is 52.3 Å². The minimum Gasteiger partial charge on any atom is -0.463 e. The van der Waals surface area contributed by atoms with Gasteiger partial charge in [0.25, 0.3) is 10.0 Å². The van der Waals surface area contributed by atoms with Crippen LogP contribution in [0.2, 0.25) is 0 Å². The number of amides is 1. The van der Waals surface area contributed by atoms with Gasteiger partial charge in [-0.05, 0) is 25.8 Å². The molecule has 36 heavy (non-hydrogen) atoms. The van der Waals surface area contributed by atoms with E-state index in [4.69, 9.17) is 14.6 Å². The maximum atomic E-state index is 13.2. The number of carbonyl (C=O) groups excluding carboxylic acids is 3. The van der Waals surface area contributed by atoms with Crippen LogP contribution in [0.5, 0.6) is 0 Å². The molecule has 204 valence electrons. The number of primary sulfonamides is 1. The van der Waals surface area contributed by atoms with E-state index in [-0.39, 0.29) is 59.0 Å². The van der Waals surface area contributed by atoms with Crippen molar-refractivity contribution < 1.29 is 45.4 Å². The number of esters is 2. The van der Waals surface area contributed by atoms with Crippen molar-refractivity contribution in [3.8, 4) is 0 Å². The first-order valence-corrected chi connectivity index (χ1v) is 14.9. The molecule has 0 bridgehead atoms. The predicted octanol–water partition coefficient (Wildman–Crippen LogP) is 0.212. The van der Waals surface area contributed by atoms with Crippen LogP contribution in [-0.4, -0.2) is 90.5 Å². The van der Waals surface area contributed by atoms with E-state index in [1.807, 2.05) is 0 Å². The third-order valence-electron chi connectivity index (χ3n) is 5.28. The molecule has 16 heteroatoms. The largest absolute Gasteiger partial charge is 0.463 e. The Bertz CT molecular complexity index is 1160. The van der Waals surface area contributed by atoms with E-state index >= 15 is 0 Å². The molecule has 1 atom stereocenters. The molecule has 13 nitrogen and oxygen atoms in total. The molecule has 0 spiro atoms. The van der Waals surface area contributed by atoms with Gasteiger partial charge in [-0.25, -0.2) is 26.8 Å². The van der Waals surface area contributed by atoms with E-state index in [0.29, 0.717) is 24.4 Å². The highest BCUT2D eigenvalue weighted by Gasteiger charge is 2.42. The highest BCUT2D eigenvalue weighted by molar-refractivity contribution is 7.94. The zero-order chi connectivity index (χ0) is 27.1. The minimum absolute atomic E-state index is 0.0108. The van der Waals surface area contributed by atoms with Crippen LogP contribution >= 0.6 is 11.3 Å². The maximum Gasteiger partial charge on any atom is 0.344 e. The number of rotatable bonds is 13.